The quantitative estimate of drug-likeness (QED) is 0.653. The normalized spacial score (nSPS) is 11.7. The highest BCUT2D eigenvalue weighted by atomic mass is 35.5. The summed E-state index contributed by atoms with van der Waals surface area (Å²) in [4.78, 5) is 17.1. The highest BCUT2D eigenvalue weighted by Crippen LogP contribution is 2.26. The van der Waals surface area contributed by atoms with Crippen LogP contribution in [0.15, 0.2) is 51.8 Å². The van der Waals surface area contributed by atoms with Crippen LogP contribution in [0.1, 0.15) is 21.8 Å². The number of rotatable bonds is 5. The molecule has 152 valence electrons. The predicted molar refractivity (Wildman–Crippen MR) is 112 cm³/mol. The van der Waals surface area contributed by atoms with Gasteiger partial charge in [-0.1, -0.05) is 17.7 Å². The summed E-state index contributed by atoms with van der Waals surface area (Å²) in [5.41, 5.74) is 2.05. The predicted octanol–water partition coefficient (Wildman–Crippen LogP) is 4.11. The topological polar surface area (TPSA) is 92.5 Å². The maximum absolute atomic E-state index is 12.7. The number of sulfonamides is 1. The molecule has 0 aliphatic rings. The summed E-state index contributed by atoms with van der Waals surface area (Å²) in [7, 11) is -0.857. The Labute approximate surface area is 174 Å². The summed E-state index contributed by atoms with van der Waals surface area (Å²) in [6, 6.07) is 11.0. The highest BCUT2D eigenvalue weighted by Gasteiger charge is 2.21. The number of aromatic nitrogens is 1. The van der Waals surface area contributed by atoms with Crippen LogP contribution in [-0.2, 0) is 10.0 Å². The SMILES string of the molecule is Cc1nc(-c2cccc(NC(=O)c3cc(S(=O)(=O)N(C)C)ccc3Cl)c2)oc1C. The molecule has 2 aromatic carbocycles. The van der Waals surface area contributed by atoms with Crippen LogP contribution in [-0.4, -0.2) is 37.7 Å². The van der Waals surface area contributed by atoms with E-state index in [9.17, 15) is 13.2 Å². The minimum Gasteiger partial charge on any atom is -0.441 e. The second kappa shape index (κ2) is 7.98. The van der Waals surface area contributed by atoms with Crippen molar-refractivity contribution >= 4 is 33.2 Å². The first kappa shape index (κ1) is 21.0. The van der Waals surface area contributed by atoms with Gasteiger partial charge in [-0.15, -0.1) is 0 Å². The number of carbonyl (C=O) groups is 1. The number of anilines is 1. The van der Waals surface area contributed by atoms with Crippen molar-refractivity contribution in [2.24, 2.45) is 0 Å². The molecular weight excluding hydrogens is 414 g/mol. The summed E-state index contributed by atoms with van der Waals surface area (Å²) in [5, 5.41) is 2.89. The summed E-state index contributed by atoms with van der Waals surface area (Å²) >= 11 is 6.14. The van der Waals surface area contributed by atoms with Gasteiger partial charge in [-0.3, -0.25) is 4.79 Å². The summed E-state index contributed by atoms with van der Waals surface area (Å²) in [6.07, 6.45) is 0. The smallest absolute Gasteiger partial charge is 0.257 e. The van der Waals surface area contributed by atoms with Crippen molar-refractivity contribution in [1.29, 1.82) is 0 Å². The Morgan fingerprint density at radius 1 is 1.14 bits per heavy atom. The van der Waals surface area contributed by atoms with Crippen molar-refractivity contribution in [1.82, 2.24) is 9.29 Å². The van der Waals surface area contributed by atoms with Crippen LogP contribution in [0.3, 0.4) is 0 Å². The number of hydrogen-bond acceptors (Lipinski definition) is 5. The maximum Gasteiger partial charge on any atom is 0.257 e. The lowest BCUT2D eigenvalue weighted by Crippen LogP contribution is -2.23. The Bertz CT molecular complexity index is 1170. The number of amides is 1. The molecule has 0 fully saturated rings. The lowest BCUT2D eigenvalue weighted by atomic mass is 10.1. The van der Waals surface area contributed by atoms with Gasteiger partial charge < -0.3 is 9.73 Å². The first-order valence-corrected chi connectivity index (χ1v) is 10.5. The van der Waals surface area contributed by atoms with Crippen LogP contribution in [0.2, 0.25) is 5.02 Å². The fourth-order valence-electron chi connectivity index (χ4n) is 2.57. The molecule has 0 spiro atoms. The average molecular weight is 434 g/mol. The number of carbonyl (C=O) groups excluding carboxylic acids is 1. The van der Waals surface area contributed by atoms with E-state index in [0.717, 1.165) is 15.8 Å². The molecule has 9 heteroatoms. The minimum absolute atomic E-state index is 0.0171. The van der Waals surface area contributed by atoms with Crippen molar-refractivity contribution < 1.29 is 17.6 Å². The van der Waals surface area contributed by atoms with Crippen LogP contribution >= 0.6 is 11.6 Å². The minimum atomic E-state index is -3.69. The zero-order chi connectivity index (χ0) is 21.3. The van der Waals surface area contributed by atoms with Gasteiger partial charge in [0.25, 0.3) is 5.91 Å². The molecule has 0 aliphatic carbocycles. The highest BCUT2D eigenvalue weighted by molar-refractivity contribution is 7.89. The van der Waals surface area contributed by atoms with E-state index in [1.807, 2.05) is 19.9 Å². The second-order valence-electron chi connectivity index (χ2n) is 6.62. The molecule has 0 unspecified atom stereocenters. The fourth-order valence-corrected chi connectivity index (χ4v) is 3.71. The van der Waals surface area contributed by atoms with Crippen molar-refractivity contribution in [2.45, 2.75) is 18.7 Å². The number of benzene rings is 2. The Kier molecular flexibility index (Phi) is 5.79. The lowest BCUT2D eigenvalue weighted by molar-refractivity contribution is 0.102. The summed E-state index contributed by atoms with van der Waals surface area (Å²) in [5.74, 6) is 0.649. The van der Waals surface area contributed by atoms with Crippen molar-refractivity contribution in [3.05, 3.63) is 64.5 Å². The molecule has 3 rings (SSSR count). The zero-order valence-corrected chi connectivity index (χ0v) is 17.9. The van der Waals surface area contributed by atoms with Crippen molar-refractivity contribution in [3.63, 3.8) is 0 Å². The number of halogens is 1. The van der Waals surface area contributed by atoms with E-state index in [-0.39, 0.29) is 15.5 Å². The summed E-state index contributed by atoms with van der Waals surface area (Å²) < 4.78 is 31.4. The van der Waals surface area contributed by atoms with Gasteiger partial charge in [-0.25, -0.2) is 17.7 Å². The van der Waals surface area contributed by atoms with Crippen LogP contribution in [0.25, 0.3) is 11.5 Å². The summed E-state index contributed by atoms with van der Waals surface area (Å²) in [6.45, 7) is 3.68. The first-order valence-electron chi connectivity index (χ1n) is 8.67. The molecule has 1 heterocycles. The number of hydrogen-bond donors (Lipinski definition) is 1. The van der Waals surface area contributed by atoms with E-state index < -0.39 is 15.9 Å². The van der Waals surface area contributed by atoms with E-state index in [1.54, 1.807) is 18.2 Å². The molecular formula is C20H20ClN3O4S. The Hall–Kier alpha value is -2.68. The largest absolute Gasteiger partial charge is 0.441 e. The molecule has 7 nitrogen and oxygen atoms in total. The van der Waals surface area contributed by atoms with Gasteiger partial charge in [-0.05, 0) is 50.2 Å². The maximum atomic E-state index is 12.7. The van der Waals surface area contributed by atoms with Gasteiger partial charge >= 0.3 is 0 Å². The Balaban J connectivity index is 1.90. The van der Waals surface area contributed by atoms with Gasteiger partial charge in [0, 0.05) is 25.3 Å². The molecule has 1 amide bonds. The van der Waals surface area contributed by atoms with Crippen LogP contribution in [0.5, 0.6) is 0 Å². The number of aryl methyl sites for hydroxylation is 2. The van der Waals surface area contributed by atoms with E-state index in [2.05, 4.69) is 10.3 Å². The standard InChI is InChI=1S/C20H20ClN3O4S/c1-12-13(2)28-20(22-12)14-6-5-7-15(10-14)23-19(25)17-11-16(8-9-18(17)21)29(26,27)24(3)4/h5-11H,1-4H3,(H,23,25). The van der Waals surface area contributed by atoms with Gasteiger partial charge in [-0.2, -0.15) is 0 Å². The van der Waals surface area contributed by atoms with Gasteiger partial charge in [0.2, 0.25) is 15.9 Å². The molecule has 3 aromatic rings. The molecule has 0 radical (unpaired) electrons. The van der Waals surface area contributed by atoms with E-state index in [0.29, 0.717) is 17.1 Å². The Morgan fingerprint density at radius 3 is 2.48 bits per heavy atom. The second-order valence-corrected chi connectivity index (χ2v) is 9.18. The average Bonchev–Trinajstić information content (AvgIpc) is 3.00. The number of nitrogens with one attached hydrogen (secondary N) is 1. The van der Waals surface area contributed by atoms with Crippen LogP contribution in [0.4, 0.5) is 5.69 Å². The molecule has 29 heavy (non-hydrogen) atoms. The van der Waals surface area contributed by atoms with E-state index in [4.69, 9.17) is 16.0 Å². The Morgan fingerprint density at radius 2 is 1.86 bits per heavy atom. The van der Waals surface area contributed by atoms with E-state index in [1.165, 1.54) is 32.3 Å². The molecule has 0 bridgehead atoms. The number of nitrogens with zero attached hydrogens (tertiary/aromatic N) is 2. The molecule has 0 saturated carbocycles. The van der Waals surface area contributed by atoms with Crippen LogP contribution < -0.4 is 5.32 Å². The van der Waals surface area contributed by atoms with E-state index >= 15 is 0 Å². The van der Waals surface area contributed by atoms with Crippen LogP contribution in [0, 0.1) is 13.8 Å². The fraction of sp³-hybridized carbons (Fsp3) is 0.200. The number of oxazole rings is 1. The van der Waals surface area contributed by atoms with Gasteiger partial charge in [0.15, 0.2) is 0 Å². The molecule has 1 N–H and O–H groups in total. The van der Waals surface area contributed by atoms with Gasteiger partial charge in [0.1, 0.15) is 5.76 Å². The monoisotopic (exact) mass is 433 g/mol. The molecule has 0 aliphatic heterocycles. The third kappa shape index (κ3) is 4.34. The molecule has 1 aromatic heterocycles. The molecule has 0 atom stereocenters. The van der Waals surface area contributed by atoms with Crippen molar-refractivity contribution in [2.75, 3.05) is 19.4 Å². The third-order valence-electron chi connectivity index (χ3n) is 4.36. The first-order chi connectivity index (χ1) is 13.6. The van der Waals surface area contributed by atoms with Gasteiger partial charge in [0.05, 0.1) is 21.2 Å². The third-order valence-corrected chi connectivity index (χ3v) is 6.50. The lowest BCUT2D eigenvalue weighted by Gasteiger charge is -2.13. The molecule has 0 saturated heterocycles. The van der Waals surface area contributed by atoms with Crippen molar-refractivity contribution in [3.8, 4) is 11.5 Å². The zero-order valence-electron chi connectivity index (χ0n) is 16.4.